The van der Waals surface area contributed by atoms with Crippen molar-refractivity contribution in [3.05, 3.63) is 16.1 Å². The quantitative estimate of drug-likeness (QED) is 0.536. The molecule has 0 bridgehead atoms. The molecule has 2 heterocycles. The maximum atomic E-state index is 5.65. The predicted octanol–water partition coefficient (Wildman–Crippen LogP) is 0.332. The van der Waals surface area contributed by atoms with Crippen LogP contribution < -0.4 is 11.6 Å². The summed E-state index contributed by atoms with van der Waals surface area (Å²) in [6, 6.07) is 0. The number of fused-ring (bicyclic) bond motifs is 1. The van der Waals surface area contributed by atoms with E-state index in [9.17, 15) is 0 Å². The van der Waals surface area contributed by atoms with Gasteiger partial charge in [-0.15, -0.1) is 0 Å². The molecule has 0 aromatic carbocycles. The summed E-state index contributed by atoms with van der Waals surface area (Å²) in [5, 5.41) is 0.820. The van der Waals surface area contributed by atoms with Gasteiger partial charge in [-0.2, -0.15) is 0 Å². The Bertz CT molecular complexity index is 435. The summed E-state index contributed by atoms with van der Waals surface area (Å²) in [4.78, 5) is 7.88. The maximum absolute atomic E-state index is 5.65. The molecule has 62 valence electrons. The molecule has 2 rings (SSSR count). The van der Waals surface area contributed by atoms with Crippen LogP contribution in [0.3, 0.4) is 0 Å². The molecular weight excluding hydrogens is 269 g/mol. The highest BCUT2D eigenvalue weighted by Gasteiger charge is 2.08. The Balaban J connectivity index is 2.99. The minimum atomic E-state index is 0.466. The molecule has 2 aromatic heterocycles. The molecule has 0 unspecified atom stereocenters. The standard InChI is InChI=1S/C6H6IN5/c7-3-1-12(9)6-4(3)5(8)10-2-11-6/h1-2H,9H2,(H2,8,10,11). The number of hydrogen-bond donors (Lipinski definition) is 2. The van der Waals surface area contributed by atoms with Gasteiger partial charge in [0.1, 0.15) is 12.1 Å². The van der Waals surface area contributed by atoms with Crippen molar-refractivity contribution in [2.75, 3.05) is 11.6 Å². The van der Waals surface area contributed by atoms with Crippen molar-refractivity contribution in [2.45, 2.75) is 0 Å². The van der Waals surface area contributed by atoms with Crippen molar-refractivity contribution < 1.29 is 0 Å². The van der Waals surface area contributed by atoms with Crippen LogP contribution in [0, 0.1) is 3.57 Å². The summed E-state index contributed by atoms with van der Waals surface area (Å²) in [7, 11) is 0. The molecule has 2 aromatic rings. The van der Waals surface area contributed by atoms with Gasteiger partial charge in [-0.05, 0) is 22.6 Å². The number of anilines is 1. The van der Waals surface area contributed by atoms with Crippen molar-refractivity contribution in [3.8, 4) is 0 Å². The fourth-order valence-electron chi connectivity index (χ4n) is 1.06. The van der Waals surface area contributed by atoms with Crippen LogP contribution in [-0.2, 0) is 0 Å². The highest BCUT2D eigenvalue weighted by molar-refractivity contribution is 14.1. The first-order valence-electron chi connectivity index (χ1n) is 3.22. The van der Waals surface area contributed by atoms with Gasteiger partial charge in [0, 0.05) is 9.77 Å². The van der Waals surface area contributed by atoms with Crippen LogP contribution in [0.2, 0.25) is 0 Å². The summed E-state index contributed by atoms with van der Waals surface area (Å²) in [6.45, 7) is 0. The lowest BCUT2D eigenvalue weighted by molar-refractivity contribution is 1.03. The third-order valence-electron chi connectivity index (χ3n) is 1.59. The van der Waals surface area contributed by atoms with Gasteiger partial charge < -0.3 is 11.6 Å². The summed E-state index contributed by atoms with van der Waals surface area (Å²) in [5.74, 6) is 6.08. The minimum Gasteiger partial charge on any atom is -0.383 e. The maximum Gasteiger partial charge on any atom is 0.164 e. The van der Waals surface area contributed by atoms with E-state index in [4.69, 9.17) is 11.6 Å². The fourth-order valence-corrected chi connectivity index (χ4v) is 1.88. The molecule has 12 heavy (non-hydrogen) atoms. The molecule has 0 fully saturated rings. The molecule has 0 spiro atoms. The number of rotatable bonds is 0. The topological polar surface area (TPSA) is 82.8 Å². The number of nitrogens with zero attached hydrogens (tertiary/aromatic N) is 3. The monoisotopic (exact) mass is 275 g/mol. The largest absolute Gasteiger partial charge is 0.383 e. The Labute approximate surface area is 81.9 Å². The van der Waals surface area contributed by atoms with E-state index in [0.717, 1.165) is 8.96 Å². The molecule has 0 radical (unpaired) electrons. The third-order valence-corrected chi connectivity index (χ3v) is 2.41. The fraction of sp³-hybridized carbons (Fsp3) is 0. The Morgan fingerprint density at radius 2 is 2.17 bits per heavy atom. The van der Waals surface area contributed by atoms with Crippen molar-refractivity contribution in [3.63, 3.8) is 0 Å². The lowest BCUT2D eigenvalue weighted by Gasteiger charge is -1.95. The van der Waals surface area contributed by atoms with Crippen LogP contribution in [0.1, 0.15) is 0 Å². The van der Waals surface area contributed by atoms with Crippen molar-refractivity contribution >= 4 is 39.4 Å². The zero-order valence-corrected chi connectivity index (χ0v) is 8.19. The minimum absolute atomic E-state index is 0.466. The average molecular weight is 275 g/mol. The normalized spacial score (nSPS) is 10.8. The van der Waals surface area contributed by atoms with E-state index < -0.39 is 0 Å². The molecule has 5 nitrogen and oxygen atoms in total. The predicted molar refractivity (Wildman–Crippen MR) is 54.8 cm³/mol. The molecule has 0 saturated carbocycles. The lowest BCUT2D eigenvalue weighted by atomic mass is 10.4. The van der Waals surface area contributed by atoms with E-state index in [2.05, 4.69) is 32.6 Å². The van der Waals surface area contributed by atoms with Crippen LogP contribution in [0.5, 0.6) is 0 Å². The number of hydrogen-bond acceptors (Lipinski definition) is 4. The van der Waals surface area contributed by atoms with Gasteiger partial charge in [-0.1, -0.05) is 0 Å². The van der Waals surface area contributed by atoms with Crippen LogP contribution >= 0.6 is 22.6 Å². The number of halogens is 1. The van der Waals surface area contributed by atoms with E-state index in [1.54, 1.807) is 6.20 Å². The first-order chi connectivity index (χ1) is 5.70. The molecule has 4 N–H and O–H groups in total. The van der Waals surface area contributed by atoms with Gasteiger partial charge in [0.15, 0.2) is 5.65 Å². The first-order valence-corrected chi connectivity index (χ1v) is 4.30. The van der Waals surface area contributed by atoms with E-state index >= 15 is 0 Å². The lowest BCUT2D eigenvalue weighted by Crippen LogP contribution is -2.06. The molecule has 0 saturated heterocycles. The first kappa shape index (κ1) is 7.59. The van der Waals surface area contributed by atoms with Crippen LogP contribution in [-0.4, -0.2) is 14.6 Å². The number of aromatic nitrogens is 3. The highest BCUT2D eigenvalue weighted by Crippen LogP contribution is 2.22. The van der Waals surface area contributed by atoms with E-state index in [-0.39, 0.29) is 0 Å². The summed E-state index contributed by atoms with van der Waals surface area (Å²) in [6.07, 6.45) is 3.16. The number of nitrogen functional groups attached to an aromatic ring is 2. The summed E-state index contributed by atoms with van der Waals surface area (Å²) in [5.41, 5.74) is 6.30. The van der Waals surface area contributed by atoms with Crippen LogP contribution in [0.25, 0.3) is 11.0 Å². The highest BCUT2D eigenvalue weighted by atomic mass is 127. The molecule has 0 aliphatic rings. The van der Waals surface area contributed by atoms with Crippen molar-refractivity contribution in [1.29, 1.82) is 0 Å². The van der Waals surface area contributed by atoms with Gasteiger partial charge in [-0.25, -0.2) is 9.97 Å². The van der Waals surface area contributed by atoms with Crippen LogP contribution in [0.4, 0.5) is 5.82 Å². The second kappa shape index (κ2) is 2.47. The molecule has 0 aliphatic carbocycles. The third kappa shape index (κ3) is 0.909. The molecule has 0 aliphatic heterocycles. The summed E-state index contributed by atoms with van der Waals surface area (Å²) < 4.78 is 2.40. The van der Waals surface area contributed by atoms with E-state index in [1.807, 2.05) is 0 Å². The zero-order valence-electron chi connectivity index (χ0n) is 6.03. The van der Waals surface area contributed by atoms with Gasteiger partial charge in [-0.3, -0.25) is 4.68 Å². The van der Waals surface area contributed by atoms with Crippen molar-refractivity contribution in [1.82, 2.24) is 14.6 Å². The number of nitrogens with two attached hydrogens (primary N) is 2. The Morgan fingerprint density at radius 1 is 1.42 bits per heavy atom. The van der Waals surface area contributed by atoms with Gasteiger partial charge in [0.05, 0.1) is 5.39 Å². The smallest absolute Gasteiger partial charge is 0.164 e. The molecular formula is C6H6IN5. The second-order valence-electron chi connectivity index (χ2n) is 2.34. The zero-order chi connectivity index (χ0) is 8.72. The van der Waals surface area contributed by atoms with E-state index in [0.29, 0.717) is 11.5 Å². The summed E-state index contributed by atoms with van der Waals surface area (Å²) >= 11 is 2.14. The Kier molecular flexibility index (Phi) is 1.56. The van der Waals surface area contributed by atoms with Crippen LogP contribution in [0.15, 0.2) is 12.5 Å². The average Bonchev–Trinajstić information content (AvgIpc) is 2.29. The SMILES string of the molecule is Nc1ncnc2c1c(I)cn2N. The molecule has 0 amide bonds. The van der Waals surface area contributed by atoms with E-state index in [1.165, 1.54) is 11.0 Å². The Morgan fingerprint density at radius 3 is 2.83 bits per heavy atom. The Hall–Kier alpha value is -1.05. The van der Waals surface area contributed by atoms with Gasteiger partial charge in [0.25, 0.3) is 0 Å². The second-order valence-corrected chi connectivity index (χ2v) is 3.50. The molecule has 6 heteroatoms. The van der Waals surface area contributed by atoms with Gasteiger partial charge in [0.2, 0.25) is 0 Å². The van der Waals surface area contributed by atoms with Crippen molar-refractivity contribution in [2.24, 2.45) is 0 Å². The van der Waals surface area contributed by atoms with Gasteiger partial charge >= 0.3 is 0 Å². The molecule has 0 atom stereocenters.